The Labute approximate surface area is 137 Å². The molecule has 2 heterocycles. The molecule has 0 saturated carbocycles. The van der Waals surface area contributed by atoms with Gasteiger partial charge >= 0.3 is 0 Å². The summed E-state index contributed by atoms with van der Waals surface area (Å²) in [7, 11) is -3.57. The summed E-state index contributed by atoms with van der Waals surface area (Å²) in [6.07, 6.45) is 1.68. The predicted octanol–water partition coefficient (Wildman–Crippen LogP) is 3.55. The quantitative estimate of drug-likeness (QED) is 0.820. The van der Waals surface area contributed by atoms with Gasteiger partial charge in [0, 0.05) is 13.1 Å². The molecular weight excluding hydrogens is 374 g/mol. The van der Waals surface area contributed by atoms with Crippen LogP contribution in [0.2, 0.25) is 0 Å². The zero-order valence-electron chi connectivity index (χ0n) is 11.7. The van der Waals surface area contributed by atoms with Crippen molar-refractivity contribution in [2.24, 2.45) is 0 Å². The summed E-state index contributed by atoms with van der Waals surface area (Å²) in [5, 5.41) is 0. The monoisotopic (exact) mass is 389 g/mol. The van der Waals surface area contributed by atoms with Crippen molar-refractivity contribution in [3.05, 3.63) is 34.2 Å². The Bertz CT molecular complexity index is 694. The summed E-state index contributed by atoms with van der Waals surface area (Å²) in [5.41, 5.74) is 0.974. The van der Waals surface area contributed by atoms with E-state index < -0.39 is 10.0 Å². The fourth-order valence-electron chi connectivity index (χ4n) is 1.85. The largest absolute Gasteiger partial charge is 0.371 e. The number of nitrogens with zero attached hydrogens (tertiary/aromatic N) is 2. The number of thiophene rings is 1. The van der Waals surface area contributed by atoms with Crippen LogP contribution >= 0.6 is 27.3 Å². The molecule has 2 aromatic rings. The molecule has 0 saturated heterocycles. The predicted molar refractivity (Wildman–Crippen MR) is 90.6 cm³/mol. The normalized spacial score (nSPS) is 11.4. The molecule has 0 bridgehead atoms. The molecule has 2 aromatic heterocycles. The number of pyridine rings is 1. The summed E-state index contributed by atoms with van der Waals surface area (Å²) < 4.78 is 27.9. The lowest BCUT2D eigenvalue weighted by Crippen LogP contribution is -2.22. The molecule has 0 amide bonds. The molecule has 0 aromatic carbocycles. The fraction of sp³-hybridized carbons (Fsp3) is 0.308. The van der Waals surface area contributed by atoms with Crippen LogP contribution in [0.3, 0.4) is 0 Å². The van der Waals surface area contributed by atoms with Crippen LogP contribution in [0.4, 0.5) is 11.5 Å². The van der Waals surface area contributed by atoms with Gasteiger partial charge in [-0.05, 0) is 54.0 Å². The third-order valence-corrected chi connectivity index (χ3v) is 6.40. The van der Waals surface area contributed by atoms with Gasteiger partial charge in [-0.1, -0.05) is 0 Å². The van der Waals surface area contributed by atoms with Gasteiger partial charge in [0.2, 0.25) is 0 Å². The number of hydrogen-bond donors (Lipinski definition) is 1. The van der Waals surface area contributed by atoms with Crippen molar-refractivity contribution in [2.45, 2.75) is 18.1 Å². The Morgan fingerprint density at radius 2 is 1.95 bits per heavy atom. The van der Waals surface area contributed by atoms with E-state index in [-0.39, 0.29) is 4.21 Å². The van der Waals surface area contributed by atoms with Crippen molar-refractivity contribution in [2.75, 3.05) is 22.7 Å². The highest BCUT2D eigenvalue weighted by molar-refractivity contribution is 9.11. The first-order valence-electron chi connectivity index (χ1n) is 6.45. The van der Waals surface area contributed by atoms with Crippen LogP contribution in [0.15, 0.2) is 38.5 Å². The van der Waals surface area contributed by atoms with Crippen LogP contribution in [0.1, 0.15) is 13.8 Å². The number of sulfonamides is 1. The van der Waals surface area contributed by atoms with Gasteiger partial charge in [0.1, 0.15) is 10.0 Å². The molecule has 5 nitrogen and oxygen atoms in total. The Hall–Kier alpha value is -1.12. The lowest BCUT2D eigenvalue weighted by atomic mass is 10.3. The highest BCUT2D eigenvalue weighted by Gasteiger charge is 2.17. The molecule has 0 aliphatic heterocycles. The number of halogens is 1. The molecule has 0 unspecified atom stereocenters. The average molecular weight is 390 g/mol. The van der Waals surface area contributed by atoms with E-state index in [0.717, 1.165) is 33.9 Å². The maximum Gasteiger partial charge on any atom is 0.272 e. The molecule has 0 fully saturated rings. The Kier molecular flexibility index (Phi) is 5.23. The highest BCUT2D eigenvalue weighted by Crippen LogP contribution is 2.27. The average Bonchev–Trinajstić information content (AvgIpc) is 2.89. The second-order valence-electron chi connectivity index (χ2n) is 4.24. The number of aromatic nitrogens is 1. The van der Waals surface area contributed by atoms with Gasteiger partial charge in [-0.3, -0.25) is 4.72 Å². The Balaban J connectivity index is 2.17. The maximum absolute atomic E-state index is 12.2. The second kappa shape index (κ2) is 6.76. The fourth-order valence-corrected chi connectivity index (χ4v) is 4.87. The van der Waals surface area contributed by atoms with Gasteiger partial charge in [-0.25, -0.2) is 13.4 Å². The first-order valence-corrected chi connectivity index (χ1v) is 9.54. The van der Waals surface area contributed by atoms with Crippen LogP contribution in [0.25, 0.3) is 0 Å². The summed E-state index contributed by atoms with van der Waals surface area (Å²) in [5.74, 6) is 0.315. The van der Waals surface area contributed by atoms with Crippen LogP contribution in [0, 0.1) is 0 Å². The lowest BCUT2D eigenvalue weighted by Gasteiger charge is -2.20. The van der Waals surface area contributed by atoms with Gasteiger partial charge in [0.15, 0.2) is 0 Å². The minimum absolute atomic E-state index is 0.254. The number of rotatable bonds is 6. The molecule has 2 rings (SSSR count). The smallest absolute Gasteiger partial charge is 0.272 e. The molecule has 0 atom stereocenters. The van der Waals surface area contributed by atoms with Crippen molar-refractivity contribution in [1.29, 1.82) is 0 Å². The van der Waals surface area contributed by atoms with Gasteiger partial charge in [0.25, 0.3) is 10.0 Å². The Morgan fingerprint density at radius 3 is 2.43 bits per heavy atom. The van der Waals surface area contributed by atoms with Crippen molar-refractivity contribution in [3.63, 3.8) is 0 Å². The molecule has 0 radical (unpaired) electrons. The van der Waals surface area contributed by atoms with Crippen LogP contribution in [-0.4, -0.2) is 26.5 Å². The zero-order valence-corrected chi connectivity index (χ0v) is 14.9. The third kappa shape index (κ3) is 3.96. The molecule has 1 N–H and O–H groups in total. The first kappa shape index (κ1) is 16.3. The van der Waals surface area contributed by atoms with Gasteiger partial charge in [-0.2, -0.15) is 0 Å². The molecule has 0 aliphatic carbocycles. The second-order valence-corrected chi connectivity index (χ2v) is 8.61. The van der Waals surface area contributed by atoms with E-state index in [2.05, 4.69) is 44.4 Å². The Morgan fingerprint density at radius 1 is 1.24 bits per heavy atom. The van der Waals surface area contributed by atoms with Gasteiger partial charge in [-0.15, -0.1) is 11.3 Å². The summed E-state index contributed by atoms with van der Waals surface area (Å²) in [6.45, 7) is 5.89. The van der Waals surface area contributed by atoms with Gasteiger partial charge in [0.05, 0.1) is 15.7 Å². The molecular formula is C13H16BrN3O2S2. The number of nitrogens with one attached hydrogen (secondary N) is 1. The number of hydrogen-bond acceptors (Lipinski definition) is 5. The van der Waals surface area contributed by atoms with Crippen molar-refractivity contribution in [1.82, 2.24) is 4.98 Å². The summed E-state index contributed by atoms with van der Waals surface area (Å²) >= 11 is 4.42. The van der Waals surface area contributed by atoms with Crippen molar-refractivity contribution in [3.8, 4) is 0 Å². The molecule has 0 spiro atoms. The van der Waals surface area contributed by atoms with Crippen LogP contribution < -0.4 is 9.62 Å². The maximum atomic E-state index is 12.2. The van der Waals surface area contributed by atoms with E-state index >= 15 is 0 Å². The highest BCUT2D eigenvalue weighted by atomic mass is 79.9. The molecule has 8 heteroatoms. The minimum Gasteiger partial charge on any atom is -0.371 e. The van der Waals surface area contributed by atoms with E-state index in [1.165, 1.54) is 0 Å². The molecule has 114 valence electrons. The first-order chi connectivity index (χ1) is 9.96. The topological polar surface area (TPSA) is 62.3 Å². The van der Waals surface area contributed by atoms with Crippen LogP contribution in [-0.2, 0) is 10.0 Å². The van der Waals surface area contributed by atoms with E-state index in [0.29, 0.717) is 5.82 Å². The standard InChI is InChI=1S/C13H16BrN3O2S2/c1-3-17(4-2)10-5-7-12(15-9-10)16-21(18,19)13-8-6-11(14)20-13/h5-9H,3-4H2,1-2H3,(H,15,16). The van der Waals surface area contributed by atoms with Crippen molar-refractivity contribution < 1.29 is 8.42 Å². The third-order valence-electron chi connectivity index (χ3n) is 2.93. The summed E-state index contributed by atoms with van der Waals surface area (Å²) in [4.78, 5) is 6.31. The minimum atomic E-state index is -3.57. The van der Waals surface area contributed by atoms with E-state index in [1.54, 1.807) is 24.4 Å². The van der Waals surface area contributed by atoms with E-state index in [4.69, 9.17) is 0 Å². The number of anilines is 2. The van der Waals surface area contributed by atoms with Crippen LogP contribution in [0.5, 0.6) is 0 Å². The SMILES string of the molecule is CCN(CC)c1ccc(NS(=O)(=O)c2ccc(Br)s2)nc1. The molecule has 0 aliphatic rings. The zero-order chi connectivity index (χ0) is 15.5. The summed E-state index contributed by atoms with van der Waals surface area (Å²) in [6, 6.07) is 6.80. The van der Waals surface area contributed by atoms with E-state index in [9.17, 15) is 8.42 Å². The van der Waals surface area contributed by atoms with Gasteiger partial charge < -0.3 is 4.90 Å². The van der Waals surface area contributed by atoms with E-state index in [1.807, 2.05) is 6.07 Å². The molecule has 21 heavy (non-hydrogen) atoms. The van der Waals surface area contributed by atoms with Crippen molar-refractivity contribution >= 4 is 48.8 Å². The lowest BCUT2D eigenvalue weighted by molar-refractivity contribution is 0.603.